The Morgan fingerprint density at radius 3 is 2.68 bits per heavy atom. The van der Waals surface area contributed by atoms with Gasteiger partial charge < -0.3 is 11.1 Å². The Hall–Kier alpha value is -1.01. The lowest BCUT2D eigenvalue weighted by molar-refractivity contribution is -0.116. The van der Waals surface area contributed by atoms with E-state index in [1.165, 1.54) is 0 Å². The average Bonchev–Trinajstić information content (AvgIpc) is 2.34. The predicted molar refractivity (Wildman–Crippen MR) is 74.8 cm³/mol. The summed E-state index contributed by atoms with van der Waals surface area (Å²) >= 11 is 2.87. The van der Waals surface area contributed by atoms with Crippen molar-refractivity contribution >= 4 is 27.5 Å². The van der Waals surface area contributed by atoms with Gasteiger partial charge in [0.05, 0.1) is 10.2 Å². The van der Waals surface area contributed by atoms with Gasteiger partial charge in [0.25, 0.3) is 0 Å². The van der Waals surface area contributed by atoms with Crippen molar-refractivity contribution in [2.75, 3.05) is 11.9 Å². The van der Waals surface area contributed by atoms with Gasteiger partial charge in [-0.15, -0.1) is 0 Å². The van der Waals surface area contributed by atoms with E-state index < -0.39 is 11.6 Å². The van der Waals surface area contributed by atoms with Gasteiger partial charge in [-0.1, -0.05) is 6.92 Å². The number of amides is 1. The lowest BCUT2D eigenvalue weighted by Crippen LogP contribution is -2.15. The maximum atomic E-state index is 13.5. The van der Waals surface area contributed by atoms with Crippen LogP contribution in [0.3, 0.4) is 0 Å². The van der Waals surface area contributed by atoms with Crippen molar-refractivity contribution in [3.63, 3.8) is 0 Å². The number of anilines is 1. The normalized spacial score (nSPS) is 12.3. The van der Waals surface area contributed by atoms with Crippen LogP contribution in [0.4, 0.5) is 14.5 Å². The highest BCUT2D eigenvalue weighted by molar-refractivity contribution is 9.10. The zero-order chi connectivity index (χ0) is 14.4. The lowest BCUT2D eigenvalue weighted by atomic mass is 10.0. The Labute approximate surface area is 119 Å². The molecule has 0 fully saturated rings. The number of carbonyl (C=O) groups excluding carboxylic acids is 1. The summed E-state index contributed by atoms with van der Waals surface area (Å²) in [6.07, 6.45) is 1.77. The predicted octanol–water partition coefficient (Wildman–Crippen LogP) is 3.43. The Morgan fingerprint density at radius 1 is 1.37 bits per heavy atom. The van der Waals surface area contributed by atoms with E-state index in [4.69, 9.17) is 5.73 Å². The lowest BCUT2D eigenvalue weighted by Gasteiger charge is -2.10. The third-order valence-corrected chi connectivity index (χ3v) is 3.42. The molecular formula is C13H17BrF2N2O. The molecule has 1 aromatic carbocycles. The SMILES string of the molecule is CC(CCN)CCC(=O)Nc1cc(F)c(Br)cc1F. The molecule has 0 aliphatic heterocycles. The van der Waals surface area contributed by atoms with Gasteiger partial charge in [0, 0.05) is 12.5 Å². The van der Waals surface area contributed by atoms with Gasteiger partial charge in [-0.2, -0.15) is 0 Å². The molecule has 0 spiro atoms. The third-order valence-electron chi connectivity index (χ3n) is 2.81. The van der Waals surface area contributed by atoms with Crippen LogP contribution in [-0.2, 0) is 4.79 Å². The van der Waals surface area contributed by atoms with Gasteiger partial charge in [-0.3, -0.25) is 4.79 Å². The molecule has 19 heavy (non-hydrogen) atoms. The number of nitrogens with one attached hydrogen (secondary N) is 1. The Kier molecular flexibility index (Phi) is 6.37. The number of halogens is 3. The van der Waals surface area contributed by atoms with Crippen molar-refractivity contribution < 1.29 is 13.6 Å². The van der Waals surface area contributed by atoms with E-state index in [0.29, 0.717) is 18.9 Å². The Morgan fingerprint density at radius 2 is 2.05 bits per heavy atom. The van der Waals surface area contributed by atoms with Gasteiger partial charge in [0.15, 0.2) is 0 Å². The standard InChI is InChI=1S/C13H17BrF2N2O/c1-8(4-5-17)2-3-13(19)18-12-7-10(15)9(14)6-11(12)16/h6-8H,2-5,17H2,1H3,(H,18,19). The molecule has 0 radical (unpaired) electrons. The minimum atomic E-state index is -0.670. The van der Waals surface area contributed by atoms with Crippen molar-refractivity contribution in [1.82, 2.24) is 0 Å². The zero-order valence-corrected chi connectivity index (χ0v) is 12.3. The van der Waals surface area contributed by atoms with E-state index in [9.17, 15) is 13.6 Å². The van der Waals surface area contributed by atoms with Crippen molar-refractivity contribution in [2.45, 2.75) is 26.2 Å². The molecule has 3 nitrogen and oxygen atoms in total. The number of carbonyl (C=O) groups is 1. The average molecular weight is 335 g/mol. The second kappa shape index (κ2) is 7.55. The zero-order valence-electron chi connectivity index (χ0n) is 10.7. The first kappa shape index (κ1) is 16.0. The second-order valence-corrected chi connectivity index (χ2v) is 5.37. The smallest absolute Gasteiger partial charge is 0.224 e. The van der Waals surface area contributed by atoms with Crippen molar-refractivity contribution in [2.24, 2.45) is 11.7 Å². The molecule has 1 rings (SSSR count). The van der Waals surface area contributed by atoms with Crippen molar-refractivity contribution in [3.8, 4) is 0 Å². The van der Waals surface area contributed by atoms with Gasteiger partial charge in [-0.25, -0.2) is 8.78 Å². The number of nitrogens with two attached hydrogens (primary N) is 1. The topological polar surface area (TPSA) is 55.1 Å². The monoisotopic (exact) mass is 334 g/mol. The molecule has 3 N–H and O–H groups in total. The molecule has 1 unspecified atom stereocenters. The molecule has 106 valence electrons. The minimum absolute atomic E-state index is 0.0274. The summed E-state index contributed by atoms with van der Waals surface area (Å²) in [6, 6.07) is 1.95. The van der Waals surface area contributed by atoms with Crippen LogP contribution < -0.4 is 11.1 Å². The van der Waals surface area contributed by atoms with Gasteiger partial charge in [0.1, 0.15) is 11.6 Å². The molecule has 1 atom stereocenters. The van der Waals surface area contributed by atoms with Crippen LogP contribution in [0.15, 0.2) is 16.6 Å². The molecule has 0 aliphatic carbocycles. The van der Waals surface area contributed by atoms with Crippen molar-refractivity contribution in [1.29, 1.82) is 0 Å². The van der Waals surface area contributed by atoms with E-state index in [1.54, 1.807) is 0 Å². The summed E-state index contributed by atoms with van der Waals surface area (Å²) in [5.74, 6) is -1.28. The fourth-order valence-corrected chi connectivity index (χ4v) is 1.95. The van der Waals surface area contributed by atoms with Gasteiger partial charge in [-0.05, 0) is 47.3 Å². The molecule has 0 aliphatic rings. The highest BCUT2D eigenvalue weighted by atomic mass is 79.9. The molecule has 1 amide bonds. The van der Waals surface area contributed by atoms with Gasteiger partial charge >= 0.3 is 0 Å². The van der Waals surface area contributed by atoms with E-state index in [1.807, 2.05) is 6.92 Å². The summed E-state index contributed by atoms with van der Waals surface area (Å²) in [7, 11) is 0. The molecule has 1 aromatic rings. The van der Waals surface area contributed by atoms with Crippen LogP contribution in [0.5, 0.6) is 0 Å². The minimum Gasteiger partial charge on any atom is -0.330 e. The van der Waals surface area contributed by atoms with Gasteiger partial charge in [0.2, 0.25) is 5.91 Å². The van der Waals surface area contributed by atoms with Crippen LogP contribution >= 0.6 is 15.9 Å². The van der Waals surface area contributed by atoms with E-state index >= 15 is 0 Å². The highest BCUT2D eigenvalue weighted by Crippen LogP contribution is 2.23. The molecule has 0 saturated heterocycles. The van der Waals surface area contributed by atoms with Crippen LogP contribution in [-0.4, -0.2) is 12.5 Å². The quantitative estimate of drug-likeness (QED) is 0.783. The summed E-state index contributed by atoms with van der Waals surface area (Å²) in [5.41, 5.74) is 5.27. The Balaban J connectivity index is 2.55. The van der Waals surface area contributed by atoms with Crippen molar-refractivity contribution in [3.05, 3.63) is 28.2 Å². The van der Waals surface area contributed by atoms with Crippen LogP contribution in [0.2, 0.25) is 0 Å². The van der Waals surface area contributed by atoms with E-state index in [2.05, 4.69) is 21.2 Å². The molecule has 0 bridgehead atoms. The second-order valence-electron chi connectivity index (χ2n) is 4.52. The maximum Gasteiger partial charge on any atom is 0.224 e. The molecule has 0 heterocycles. The number of rotatable bonds is 6. The summed E-state index contributed by atoms with van der Waals surface area (Å²) < 4.78 is 26.8. The van der Waals surface area contributed by atoms with Crippen LogP contribution in [0.1, 0.15) is 26.2 Å². The first-order valence-electron chi connectivity index (χ1n) is 6.08. The highest BCUT2D eigenvalue weighted by Gasteiger charge is 2.12. The Bertz CT molecular complexity index is 455. The number of benzene rings is 1. The number of hydrogen-bond donors (Lipinski definition) is 2. The summed E-state index contributed by atoms with van der Waals surface area (Å²) in [4.78, 5) is 11.6. The van der Waals surface area contributed by atoms with Crippen LogP contribution in [0.25, 0.3) is 0 Å². The number of hydrogen-bond acceptors (Lipinski definition) is 2. The largest absolute Gasteiger partial charge is 0.330 e. The molecule has 0 saturated carbocycles. The first-order valence-corrected chi connectivity index (χ1v) is 6.87. The third kappa shape index (κ3) is 5.24. The van der Waals surface area contributed by atoms with E-state index in [0.717, 1.165) is 18.6 Å². The summed E-state index contributed by atoms with van der Waals surface area (Å²) in [5, 5.41) is 2.37. The first-order chi connectivity index (χ1) is 8.93. The fraction of sp³-hybridized carbons (Fsp3) is 0.462. The molecular weight excluding hydrogens is 318 g/mol. The van der Waals surface area contributed by atoms with Crippen LogP contribution in [0, 0.1) is 17.6 Å². The fourth-order valence-electron chi connectivity index (χ4n) is 1.64. The molecule has 6 heteroatoms. The van der Waals surface area contributed by atoms with E-state index in [-0.39, 0.29) is 22.5 Å². The summed E-state index contributed by atoms with van der Waals surface area (Å²) in [6.45, 7) is 2.58. The maximum absolute atomic E-state index is 13.5. The molecule has 0 aromatic heterocycles.